The SMILES string of the molecule is CN=C(NCCN1CCCCC1)NCc1ccc(NC(=O)NC(C)C)cc1.I. The highest BCUT2D eigenvalue weighted by molar-refractivity contribution is 14.0. The van der Waals surface area contributed by atoms with E-state index in [1.165, 1.54) is 32.4 Å². The highest BCUT2D eigenvalue weighted by atomic mass is 127. The zero-order valence-electron chi connectivity index (χ0n) is 17.3. The van der Waals surface area contributed by atoms with Crippen LogP contribution < -0.4 is 21.3 Å². The summed E-state index contributed by atoms with van der Waals surface area (Å²) >= 11 is 0. The van der Waals surface area contributed by atoms with Crippen molar-refractivity contribution >= 4 is 41.7 Å². The number of benzene rings is 1. The fraction of sp³-hybridized carbons (Fsp3) is 0.600. The minimum absolute atomic E-state index is 0. The smallest absolute Gasteiger partial charge is 0.319 e. The van der Waals surface area contributed by atoms with Crippen molar-refractivity contribution in [2.75, 3.05) is 38.5 Å². The number of nitrogens with one attached hydrogen (secondary N) is 4. The number of hydrogen-bond donors (Lipinski definition) is 4. The third-order valence-electron chi connectivity index (χ3n) is 4.48. The molecule has 0 aromatic heterocycles. The van der Waals surface area contributed by atoms with Crippen LogP contribution in [0, 0.1) is 0 Å². The number of carbonyl (C=O) groups excluding carboxylic acids is 1. The molecule has 0 spiro atoms. The lowest BCUT2D eigenvalue weighted by atomic mass is 10.1. The number of rotatable bonds is 7. The third kappa shape index (κ3) is 9.59. The normalized spacial score (nSPS) is 14.9. The third-order valence-corrected chi connectivity index (χ3v) is 4.48. The van der Waals surface area contributed by atoms with Gasteiger partial charge in [0, 0.05) is 38.4 Å². The van der Waals surface area contributed by atoms with E-state index in [1.54, 1.807) is 7.05 Å². The molecule has 0 saturated carbocycles. The quantitative estimate of drug-likeness (QED) is 0.263. The Labute approximate surface area is 186 Å². The summed E-state index contributed by atoms with van der Waals surface area (Å²) < 4.78 is 0. The van der Waals surface area contributed by atoms with Gasteiger partial charge in [-0.1, -0.05) is 18.6 Å². The molecule has 0 atom stereocenters. The van der Waals surface area contributed by atoms with Gasteiger partial charge in [-0.05, 0) is 57.5 Å². The van der Waals surface area contributed by atoms with Gasteiger partial charge in [-0.15, -0.1) is 24.0 Å². The summed E-state index contributed by atoms with van der Waals surface area (Å²) in [7, 11) is 1.79. The van der Waals surface area contributed by atoms with E-state index in [-0.39, 0.29) is 36.0 Å². The number of hydrogen-bond acceptors (Lipinski definition) is 3. The molecular formula is C20H35IN6O. The molecule has 2 amide bonds. The molecule has 158 valence electrons. The molecule has 4 N–H and O–H groups in total. The second-order valence-corrected chi connectivity index (χ2v) is 7.20. The van der Waals surface area contributed by atoms with Gasteiger partial charge in [-0.2, -0.15) is 0 Å². The zero-order chi connectivity index (χ0) is 19.5. The largest absolute Gasteiger partial charge is 0.355 e. The van der Waals surface area contributed by atoms with Crippen LogP contribution in [0.15, 0.2) is 29.3 Å². The van der Waals surface area contributed by atoms with Crippen molar-refractivity contribution in [3.05, 3.63) is 29.8 Å². The molecule has 0 bridgehead atoms. The van der Waals surface area contributed by atoms with Crippen LogP contribution in [0.1, 0.15) is 38.7 Å². The maximum Gasteiger partial charge on any atom is 0.319 e. The highest BCUT2D eigenvalue weighted by Gasteiger charge is 2.09. The molecule has 1 aromatic rings. The van der Waals surface area contributed by atoms with Crippen molar-refractivity contribution in [1.29, 1.82) is 0 Å². The Morgan fingerprint density at radius 2 is 1.79 bits per heavy atom. The molecule has 1 heterocycles. The summed E-state index contributed by atoms with van der Waals surface area (Å²) in [6, 6.07) is 7.74. The van der Waals surface area contributed by atoms with Crippen molar-refractivity contribution in [2.45, 2.75) is 45.7 Å². The van der Waals surface area contributed by atoms with Crippen molar-refractivity contribution < 1.29 is 4.79 Å². The fourth-order valence-corrected chi connectivity index (χ4v) is 3.06. The summed E-state index contributed by atoms with van der Waals surface area (Å²) in [5, 5.41) is 12.3. The van der Waals surface area contributed by atoms with E-state index >= 15 is 0 Å². The maximum atomic E-state index is 11.7. The van der Waals surface area contributed by atoms with Crippen molar-refractivity contribution in [3.63, 3.8) is 0 Å². The van der Waals surface area contributed by atoms with E-state index in [2.05, 4.69) is 31.2 Å². The van der Waals surface area contributed by atoms with E-state index in [4.69, 9.17) is 0 Å². The molecule has 8 heteroatoms. The molecule has 1 aliphatic rings. The molecular weight excluding hydrogens is 467 g/mol. The van der Waals surface area contributed by atoms with Crippen molar-refractivity contribution in [2.24, 2.45) is 4.99 Å². The van der Waals surface area contributed by atoms with E-state index in [1.807, 2.05) is 38.1 Å². The Kier molecular flexibility index (Phi) is 11.9. The van der Waals surface area contributed by atoms with Crippen molar-refractivity contribution in [3.8, 4) is 0 Å². The Balaban J connectivity index is 0.00000392. The van der Waals surface area contributed by atoms with Gasteiger partial charge in [0.15, 0.2) is 5.96 Å². The molecule has 1 aliphatic heterocycles. The van der Waals surface area contributed by atoms with Gasteiger partial charge in [0.2, 0.25) is 0 Å². The van der Waals surface area contributed by atoms with Gasteiger partial charge in [-0.25, -0.2) is 4.79 Å². The Morgan fingerprint density at radius 3 is 2.39 bits per heavy atom. The first-order valence-corrected chi connectivity index (χ1v) is 9.90. The van der Waals surface area contributed by atoms with Gasteiger partial charge in [0.1, 0.15) is 0 Å². The number of carbonyl (C=O) groups is 1. The number of halogens is 1. The molecule has 0 unspecified atom stereocenters. The van der Waals surface area contributed by atoms with Crippen LogP contribution in [0.5, 0.6) is 0 Å². The van der Waals surface area contributed by atoms with E-state index in [9.17, 15) is 4.79 Å². The van der Waals surface area contributed by atoms with Gasteiger partial charge < -0.3 is 26.2 Å². The van der Waals surface area contributed by atoms with Gasteiger partial charge in [-0.3, -0.25) is 4.99 Å². The molecule has 0 radical (unpaired) electrons. The lowest BCUT2D eigenvalue weighted by molar-refractivity contribution is 0.232. The predicted molar refractivity (Wildman–Crippen MR) is 128 cm³/mol. The average molecular weight is 502 g/mol. The molecule has 1 aromatic carbocycles. The van der Waals surface area contributed by atoms with Crippen LogP contribution in [-0.2, 0) is 6.54 Å². The number of likely N-dealkylation sites (tertiary alicyclic amines) is 1. The van der Waals surface area contributed by atoms with Crippen LogP contribution in [0.4, 0.5) is 10.5 Å². The molecule has 28 heavy (non-hydrogen) atoms. The molecule has 1 saturated heterocycles. The lowest BCUT2D eigenvalue weighted by Gasteiger charge is -2.26. The number of amides is 2. The number of urea groups is 1. The van der Waals surface area contributed by atoms with Crippen LogP contribution in [0.3, 0.4) is 0 Å². The Morgan fingerprint density at radius 1 is 1.11 bits per heavy atom. The minimum Gasteiger partial charge on any atom is -0.355 e. The molecule has 1 fully saturated rings. The monoisotopic (exact) mass is 502 g/mol. The Bertz CT molecular complexity index is 599. The van der Waals surface area contributed by atoms with E-state index in [0.717, 1.165) is 30.3 Å². The number of aliphatic imine (C=N–C) groups is 1. The summed E-state index contributed by atoms with van der Waals surface area (Å²) in [4.78, 5) is 18.5. The number of piperidine rings is 1. The molecule has 7 nitrogen and oxygen atoms in total. The lowest BCUT2D eigenvalue weighted by Crippen LogP contribution is -2.42. The van der Waals surface area contributed by atoms with E-state index in [0.29, 0.717) is 6.54 Å². The van der Waals surface area contributed by atoms with Crippen LogP contribution in [0.25, 0.3) is 0 Å². The predicted octanol–water partition coefficient (Wildman–Crippen LogP) is 2.99. The standard InChI is InChI=1S/C20H34N6O.HI/c1-16(2)24-20(27)25-18-9-7-17(8-10-18)15-23-19(21-3)22-11-14-26-12-5-4-6-13-26;/h7-10,16H,4-6,11-15H2,1-3H3,(H2,21,22,23)(H2,24,25,27);1H. The summed E-state index contributed by atoms with van der Waals surface area (Å²) in [6.45, 7) is 8.92. The number of anilines is 1. The summed E-state index contributed by atoms with van der Waals surface area (Å²) in [5.41, 5.74) is 1.91. The number of nitrogens with zero attached hydrogens (tertiary/aromatic N) is 2. The highest BCUT2D eigenvalue weighted by Crippen LogP contribution is 2.09. The first kappa shape index (κ1) is 24.5. The first-order chi connectivity index (χ1) is 13.1. The van der Waals surface area contributed by atoms with Gasteiger partial charge >= 0.3 is 6.03 Å². The second kappa shape index (κ2) is 13.6. The zero-order valence-corrected chi connectivity index (χ0v) is 19.6. The van der Waals surface area contributed by atoms with Gasteiger partial charge in [0.05, 0.1) is 0 Å². The summed E-state index contributed by atoms with van der Waals surface area (Å²) in [5.74, 6) is 0.811. The van der Waals surface area contributed by atoms with Crippen LogP contribution >= 0.6 is 24.0 Å². The topological polar surface area (TPSA) is 80.8 Å². The molecule has 0 aliphatic carbocycles. The van der Waals surface area contributed by atoms with Crippen LogP contribution in [0.2, 0.25) is 0 Å². The van der Waals surface area contributed by atoms with E-state index < -0.39 is 0 Å². The van der Waals surface area contributed by atoms with Crippen molar-refractivity contribution in [1.82, 2.24) is 20.9 Å². The minimum atomic E-state index is -0.186. The average Bonchev–Trinajstić information content (AvgIpc) is 2.66. The summed E-state index contributed by atoms with van der Waals surface area (Å²) in [6.07, 6.45) is 4.00. The van der Waals surface area contributed by atoms with Crippen LogP contribution in [-0.4, -0.2) is 56.2 Å². The fourth-order valence-electron chi connectivity index (χ4n) is 3.06. The van der Waals surface area contributed by atoms with Gasteiger partial charge in [0.25, 0.3) is 0 Å². The number of guanidine groups is 1. The first-order valence-electron chi connectivity index (χ1n) is 9.90. The molecule has 2 rings (SSSR count). The second-order valence-electron chi connectivity index (χ2n) is 7.20. The Hall–Kier alpha value is -1.55. The maximum absolute atomic E-state index is 11.7.